The van der Waals surface area contributed by atoms with E-state index >= 15 is 0 Å². The summed E-state index contributed by atoms with van der Waals surface area (Å²) in [5.74, 6) is -1.56. The van der Waals surface area contributed by atoms with E-state index in [-0.39, 0.29) is 11.7 Å². The lowest BCUT2D eigenvalue weighted by atomic mass is 10.1. The van der Waals surface area contributed by atoms with Crippen molar-refractivity contribution in [3.8, 4) is 0 Å². The molecule has 1 N–H and O–H groups in total. The second-order valence-corrected chi connectivity index (χ2v) is 7.59. The van der Waals surface area contributed by atoms with Gasteiger partial charge in [-0.2, -0.15) is 0 Å². The molecule has 2 amide bonds. The van der Waals surface area contributed by atoms with Crippen LogP contribution in [0.25, 0.3) is 0 Å². The number of piperidine rings is 1. The van der Waals surface area contributed by atoms with Crippen LogP contribution in [0.4, 0.5) is 19.3 Å². The molecule has 0 spiro atoms. The molecule has 0 saturated carbocycles. The van der Waals surface area contributed by atoms with Crippen molar-refractivity contribution in [2.24, 2.45) is 0 Å². The normalized spacial score (nSPS) is 16.7. The first-order chi connectivity index (χ1) is 10.7. The molecule has 2 rings (SSSR count). The number of nitrogens with zero attached hydrogens (tertiary/aromatic N) is 2. The molecule has 1 heterocycles. The van der Waals surface area contributed by atoms with Gasteiger partial charge in [0, 0.05) is 32.2 Å². The maximum Gasteiger partial charge on any atom is 0.321 e. The monoisotopic (exact) mass is 347 g/mol. The van der Waals surface area contributed by atoms with Crippen LogP contribution in [0.5, 0.6) is 0 Å². The van der Waals surface area contributed by atoms with Gasteiger partial charge in [-0.1, -0.05) is 0 Å². The summed E-state index contributed by atoms with van der Waals surface area (Å²) in [5.41, 5.74) is -0.0909. The number of halogens is 2. The Hall–Kier alpha value is -1.74. The first-order valence-corrected chi connectivity index (χ1v) is 8.97. The number of amides is 2. The predicted octanol–water partition coefficient (Wildman–Crippen LogP) is 1.85. The first-order valence-electron chi connectivity index (χ1n) is 7.12. The number of hydrogen-bond acceptors (Lipinski definition) is 3. The Labute approximate surface area is 134 Å². The van der Waals surface area contributed by atoms with E-state index in [1.165, 1.54) is 16.3 Å². The molecule has 1 fully saturated rings. The molecule has 0 atom stereocenters. The van der Waals surface area contributed by atoms with Gasteiger partial charge in [0.15, 0.2) is 0 Å². The second-order valence-electron chi connectivity index (χ2n) is 5.55. The third-order valence-corrected chi connectivity index (χ3v) is 5.31. The van der Waals surface area contributed by atoms with Crippen molar-refractivity contribution in [1.82, 2.24) is 9.21 Å². The van der Waals surface area contributed by atoms with E-state index in [9.17, 15) is 22.0 Å². The minimum Gasteiger partial charge on any atom is -0.324 e. The van der Waals surface area contributed by atoms with Crippen molar-refractivity contribution in [1.29, 1.82) is 0 Å². The molecule has 1 aromatic carbocycles. The van der Waals surface area contributed by atoms with Crippen molar-refractivity contribution in [3.05, 3.63) is 29.8 Å². The van der Waals surface area contributed by atoms with E-state index < -0.39 is 27.7 Å². The average Bonchev–Trinajstić information content (AvgIpc) is 2.48. The summed E-state index contributed by atoms with van der Waals surface area (Å²) in [5, 5.41) is 2.39. The number of likely N-dealkylation sites (tertiary alicyclic amines) is 1. The summed E-state index contributed by atoms with van der Waals surface area (Å²) in [6.07, 6.45) is 2.15. The van der Waals surface area contributed by atoms with Gasteiger partial charge in [-0.15, -0.1) is 0 Å². The molecule has 1 saturated heterocycles. The van der Waals surface area contributed by atoms with Crippen LogP contribution in [-0.2, 0) is 10.0 Å². The van der Waals surface area contributed by atoms with Gasteiger partial charge in [0.25, 0.3) is 0 Å². The number of carbonyl (C=O) groups is 1. The molecule has 0 aromatic heterocycles. The maximum atomic E-state index is 13.5. The molecule has 1 aliphatic rings. The van der Waals surface area contributed by atoms with Gasteiger partial charge in [-0.05, 0) is 25.0 Å². The Morgan fingerprint density at radius 1 is 1.30 bits per heavy atom. The summed E-state index contributed by atoms with van der Waals surface area (Å²) in [6, 6.07) is 2.27. The van der Waals surface area contributed by atoms with E-state index in [0.29, 0.717) is 32.0 Å². The topological polar surface area (TPSA) is 69.7 Å². The summed E-state index contributed by atoms with van der Waals surface area (Å²) < 4.78 is 50.7. The number of benzene rings is 1. The zero-order chi connectivity index (χ0) is 17.2. The number of urea groups is 1. The molecule has 9 heteroatoms. The Balaban J connectivity index is 1.93. The molecule has 6 nitrogen and oxygen atoms in total. The minimum atomic E-state index is -3.27. The fourth-order valence-corrected chi connectivity index (χ4v) is 3.24. The molecule has 0 aliphatic carbocycles. The van der Waals surface area contributed by atoms with Crippen LogP contribution in [0, 0.1) is 11.6 Å². The first kappa shape index (κ1) is 17.6. The van der Waals surface area contributed by atoms with Gasteiger partial charge in [0.1, 0.15) is 11.6 Å². The maximum absolute atomic E-state index is 13.5. The molecule has 0 bridgehead atoms. The molecule has 0 unspecified atom stereocenters. The SMILES string of the molecule is CN(C1CCN(C(=O)Nc2ccc(F)cc2F)CC1)S(C)(=O)=O. The van der Waals surface area contributed by atoms with Crippen molar-refractivity contribution in [2.45, 2.75) is 18.9 Å². The predicted molar refractivity (Wildman–Crippen MR) is 82.6 cm³/mol. The zero-order valence-electron chi connectivity index (χ0n) is 12.9. The van der Waals surface area contributed by atoms with Gasteiger partial charge in [0.2, 0.25) is 10.0 Å². The van der Waals surface area contributed by atoms with E-state index in [1.54, 1.807) is 0 Å². The van der Waals surface area contributed by atoms with Crippen LogP contribution in [0.3, 0.4) is 0 Å². The molecule has 23 heavy (non-hydrogen) atoms. The van der Waals surface area contributed by atoms with Crippen molar-refractivity contribution in [3.63, 3.8) is 0 Å². The lowest BCUT2D eigenvalue weighted by molar-refractivity contribution is 0.175. The summed E-state index contributed by atoms with van der Waals surface area (Å²) in [7, 11) is -1.75. The number of carbonyl (C=O) groups excluding carboxylic acids is 1. The second kappa shape index (κ2) is 6.79. The van der Waals surface area contributed by atoms with E-state index in [2.05, 4.69) is 5.32 Å². The molecular weight excluding hydrogens is 328 g/mol. The average molecular weight is 347 g/mol. The van der Waals surface area contributed by atoms with Gasteiger partial charge < -0.3 is 10.2 Å². The highest BCUT2D eigenvalue weighted by molar-refractivity contribution is 7.88. The number of hydrogen-bond donors (Lipinski definition) is 1. The Kier molecular flexibility index (Phi) is 5.20. The molecule has 1 aromatic rings. The fourth-order valence-electron chi connectivity index (χ4n) is 2.49. The number of anilines is 1. The van der Waals surface area contributed by atoms with Gasteiger partial charge in [-0.25, -0.2) is 26.3 Å². The van der Waals surface area contributed by atoms with Crippen LogP contribution in [0.15, 0.2) is 18.2 Å². The van der Waals surface area contributed by atoms with Crippen LogP contribution >= 0.6 is 0 Å². The standard InChI is InChI=1S/C14H19F2N3O3S/c1-18(23(2,21)22)11-5-7-19(8-6-11)14(20)17-13-4-3-10(15)9-12(13)16/h3-4,9,11H,5-8H2,1-2H3,(H,17,20). The van der Waals surface area contributed by atoms with Gasteiger partial charge >= 0.3 is 6.03 Å². The van der Waals surface area contributed by atoms with Crippen molar-refractivity contribution in [2.75, 3.05) is 31.7 Å². The highest BCUT2D eigenvalue weighted by Crippen LogP contribution is 2.20. The van der Waals surface area contributed by atoms with Crippen LogP contribution in [-0.4, -0.2) is 56.1 Å². The third-order valence-electron chi connectivity index (χ3n) is 3.96. The number of nitrogens with one attached hydrogen (secondary N) is 1. The van der Waals surface area contributed by atoms with E-state index in [0.717, 1.165) is 18.4 Å². The Bertz CT molecular complexity index is 689. The van der Waals surface area contributed by atoms with E-state index in [4.69, 9.17) is 0 Å². The molecule has 128 valence electrons. The largest absolute Gasteiger partial charge is 0.324 e. The lowest BCUT2D eigenvalue weighted by Crippen LogP contribution is -2.48. The fraction of sp³-hybridized carbons (Fsp3) is 0.500. The van der Waals surface area contributed by atoms with Crippen molar-refractivity contribution >= 4 is 21.7 Å². The van der Waals surface area contributed by atoms with Gasteiger partial charge in [-0.3, -0.25) is 0 Å². The summed E-state index contributed by atoms with van der Waals surface area (Å²) in [6.45, 7) is 0.721. The van der Waals surface area contributed by atoms with E-state index in [1.807, 2.05) is 0 Å². The molecule has 1 aliphatic heterocycles. The zero-order valence-corrected chi connectivity index (χ0v) is 13.7. The Morgan fingerprint density at radius 3 is 2.43 bits per heavy atom. The molecule has 0 radical (unpaired) electrons. The smallest absolute Gasteiger partial charge is 0.321 e. The summed E-state index contributed by atoms with van der Waals surface area (Å²) >= 11 is 0. The summed E-state index contributed by atoms with van der Waals surface area (Å²) in [4.78, 5) is 13.6. The third kappa shape index (κ3) is 4.38. The molecular formula is C14H19F2N3O3S. The van der Waals surface area contributed by atoms with Crippen LogP contribution < -0.4 is 5.32 Å². The quantitative estimate of drug-likeness (QED) is 0.907. The highest BCUT2D eigenvalue weighted by atomic mass is 32.2. The van der Waals surface area contributed by atoms with Gasteiger partial charge in [0.05, 0.1) is 11.9 Å². The van der Waals surface area contributed by atoms with Crippen LogP contribution in [0.1, 0.15) is 12.8 Å². The lowest BCUT2D eigenvalue weighted by Gasteiger charge is -2.35. The number of rotatable bonds is 3. The highest BCUT2D eigenvalue weighted by Gasteiger charge is 2.29. The van der Waals surface area contributed by atoms with Crippen molar-refractivity contribution < 1.29 is 22.0 Å². The number of sulfonamides is 1. The minimum absolute atomic E-state index is 0.0909. The Morgan fingerprint density at radius 2 is 1.91 bits per heavy atom. The van der Waals surface area contributed by atoms with Crippen LogP contribution in [0.2, 0.25) is 0 Å².